The number of aryl methyl sites for hydroxylation is 2. The molecule has 0 aliphatic heterocycles. The first kappa shape index (κ1) is 12.6. The number of carbonyl (C=O) groups is 1. The number of aromatic amines is 1. The lowest BCUT2D eigenvalue weighted by Gasteiger charge is -2.10. The maximum Gasteiger partial charge on any atom is 0.274 e. The van der Waals surface area contributed by atoms with Crippen LogP contribution in [0.4, 0.5) is 5.69 Å². The Kier molecular flexibility index (Phi) is 3.33. The molecule has 2 rings (SSSR count). The Morgan fingerprint density at radius 2 is 2.28 bits per heavy atom. The number of nitrogens with zero attached hydrogens (tertiary/aromatic N) is 2. The average molecular weight is 265 g/mol. The first-order valence-electron chi connectivity index (χ1n) is 5.52. The van der Waals surface area contributed by atoms with Crippen LogP contribution in [0, 0.1) is 13.8 Å². The second-order valence-corrected chi connectivity index (χ2v) is 5.38. The minimum atomic E-state index is -0.294. The summed E-state index contributed by atoms with van der Waals surface area (Å²) in [4.78, 5) is 17.3. The fourth-order valence-corrected chi connectivity index (χ4v) is 2.29. The summed E-state index contributed by atoms with van der Waals surface area (Å²) in [6.07, 6.45) is 1.79. The lowest BCUT2D eigenvalue weighted by atomic mass is 10.2. The van der Waals surface area contributed by atoms with Gasteiger partial charge in [-0.15, -0.1) is 11.3 Å². The van der Waals surface area contributed by atoms with Gasteiger partial charge in [-0.2, -0.15) is 5.10 Å². The fourth-order valence-electron chi connectivity index (χ4n) is 1.51. The van der Waals surface area contributed by atoms with Crippen LogP contribution in [0.15, 0.2) is 6.20 Å². The number of nitrogens with two attached hydrogens (primary N) is 1. The molecule has 1 unspecified atom stereocenters. The van der Waals surface area contributed by atoms with Crippen LogP contribution in [0.3, 0.4) is 0 Å². The normalized spacial score (nSPS) is 12.4. The highest BCUT2D eigenvalue weighted by atomic mass is 32.1. The van der Waals surface area contributed by atoms with Crippen LogP contribution >= 0.6 is 11.3 Å². The molecule has 2 aromatic rings. The molecule has 96 valence electrons. The Labute approximate surface area is 109 Å². The zero-order valence-corrected chi connectivity index (χ0v) is 11.3. The van der Waals surface area contributed by atoms with Crippen LogP contribution in [0.25, 0.3) is 0 Å². The largest absolute Gasteiger partial charge is 0.395 e. The van der Waals surface area contributed by atoms with Gasteiger partial charge in [-0.05, 0) is 20.8 Å². The molecule has 2 aromatic heterocycles. The van der Waals surface area contributed by atoms with Gasteiger partial charge in [0.25, 0.3) is 5.91 Å². The van der Waals surface area contributed by atoms with E-state index in [-0.39, 0.29) is 17.6 Å². The Balaban J connectivity index is 2.10. The number of H-pyrrole nitrogens is 1. The minimum Gasteiger partial charge on any atom is -0.395 e. The number of amides is 1. The smallest absolute Gasteiger partial charge is 0.274 e. The first-order chi connectivity index (χ1) is 8.49. The van der Waals surface area contributed by atoms with Crippen molar-refractivity contribution in [1.82, 2.24) is 20.5 Å². The molecular formula is C11H15N5OS. The third-order valence-electron chi connectivity index (χ3n) is 2.57. The quantitative estimate of drug-likeness (QED) is 0.784. The summed E-state index contributed by atoms with van der Waals surface area (Å²) in [5.74, 6) is -0.294. The summed E-state index contributed by atoms with van der Waals surface area (Å²) >= 11 is 1.56. The van der Waals surface area contributed by atoms with E-state index < -0.39 is 0 Å². The number of anilines is 1. The number of nitrogens with one attached hydrogen (secondary N) is 2. The van der Waals surface area contributed by atoms with Crippen molar-refractivity contribution in [2.75, 3.05) is 5.73 Å². The van der Waals surface area contributed by atoms with Crippen LogP contribution in [-0.2, 0) is 0 Å². The van der Waals surface area contributed by atoms with Crippen LogP contribution in [-0.4, -0.2) is 21.1 Å². The summed E-state index contributed by atoms with van der Waals surface area (Å²) in [6.45, 7) is 5.63. The molecule has 0 fully saturated rings. The van der Waals surface area contributed by atoms with E-state index in [0.29, 0.717) is 11.4 Å². The van der Waals surface area contributed by atoms with E-state index in [1.54, 1.807) is 24.5 Å². The molecule has 0 radical (unpaired) electrons. The van der Waals surface area contributed by atoms with Crippen LogP contribution in [0.1, 0.15) is 39.0 Å². The van der Waals surface area contributed by atoms with Gasteiger partial charge < -0.3 is 11.1 Å². The van der Waals surface area contributed by atoms with Gasteiger partial charge in [-0.3, -0.25) is 9.89 Å². The summed E-state index contributed by atoms with van der Waals surface area (Å²) in [7, 11) is 0. The molecule has 4 N–H and O–H groups in total. The van der Waals surface area contributed by atoms with E-state index in [1.165, 1.54) is 0 Å². The monoisotopic (exact) mass is 265 g/mol. The third kappa shape index (κ3) is 2.35. The molecule has 1 atom stereocenters. The van der Waals surface area contributed by atoms with Crippen LogP contribution < -0.4 is 11.1 Å². The van der Waals surface area contributed by atoms with Crippen molar-refractivity contribution in [3.8, 4) is 0 Å². The molecule has 0 saturated heterocycles. The summed E-state index contributed by atoms with van der Waals surface area (Å²) < 4.78 is 0. The minimum absolute atomic E-state index is 0.160. The fraction of sp³-hybridized carbons (Fsp3) is 0.364. The molecule has 1 amide bonds. The van der Waals surface area contributed by atoms with E-state index in [2.05, 4.69) is 20.5 Å². The molecule has 0 saturated carbocycles. The highest BCUT2D eigenvalue weighted by molar-refractivity contribution is 7.11. The summed E-state index contributed by atoms with van der Waals surface area (Å²) in [5.41, 5.74) is 7.06. The molecule has 2 heterocycles. The van der Waals surface area contributed by atoms with Crippen molar-refractivity contribution >= 4 is 22.9 Å². The standard InChI is InChI=1S/C11H15N5OS/c1-5-4-13-11(18-5)7(3)14-10(17)9-8(12)6(2)15-16-9/h4,7H,12H2,1-3H3,(H,14,17)(H,15,16). The van der Waals surface area contributed by atoms with E-state index in [0.717, 1.165) is 9.88 Å². The van der Waals surface area contributed by atoms with Gasteiger partial charge in [0.05, 0.1) is 17.4 Å². The second-order valence-electron chi connectivity index (χ2n) is 4.12. The second kappa shape index (κ2) is 4.77. The Hall–Kier alpha value is -1.89. The van der Waals surface area contributed by atoms with E-state index in [9.17, 15) is 4.79 Å². The van der Waals surface area contributed by atoms with Gasteiger partial charge in [-0.1, -0.05) is 0 Å². The van der Waals surface area contributed by atoms with Crippen molar-refractivity contribution in [3.63, 3.8) is 0 Å². The highest BCUT2D eigenvalue weighted by Gasteiger charge is 2.19. The summed E-state index contributed by atoms with van der Waals surface area (Å²) in [5, 5.41) is 10.3. The average Bonchev–Trinajstić information content (AvgIpc) is 2.87. The maximum atomic E-state index is 12.0. The van der Waals surface area contributed by atoms with Gasteiger partial charge in [0.1, 0.15) is 5.01 Å². The third-order valence-corrected chi connectivity index (χ3v) is 3.66. The Morgan fingerprint density at radius 3 is 2.78 bits per heavy atom. The number of carbonyl (C=O) groups excluding carboxylic acids is 1. The number of hydrogen-bond acceptors (Lipinski definition) is 5. The molecule has 0 aliphatic carbocycles. The molecule has 0 bridgehead atoms. The van der Waals surface area contributed by atoms with Gasteiger partial charge in [0.15, 0.2) is 5.69 Å². The van der Waals surface area contributed by atoms with E-state index in [1.807, 2.05) is 13.8 Å². The van der Waals surface area contributed by atoms with Gasteiger partial charge in [-0.25, -0.2) is 4.98 Å². The van der Waals surface area contributed by atoms with Crippen LogP contribution in [0.2, 0.25) is 0 Å². The molecule has 7 heteroatoms. The topological polar surface area (TPSA) is 96.7 Å². The Bertz CT molecular complexity index is 574. The van der Waals surface area contributed by atoms with Crippen molar-refractivity contribution < 1.29 is 4.79 Å². The van der Waals surface area contributed by atoms with Gasteiger partial charge in [0.2, 0.25) is 0 Å². The number of nitrogen functional groups attached to an aromatic ring is 1. The maximum absolute atomic E-state index is 12.0. The van der Waals surface area contributed by atoms with E-state index in [4.69, 9.17) is 5.73 Å². The number of hydrogen-bond donors (Lipinski definition) is 3. The zero-order valence-electron chi connectivity index (χ0n) is 10.4. The molecule has 18 heavy (non-hydrogen) atoms. The predicted octanol–water partition coefficient (Wildman–Crippen LogP) is 1.56. The first-order valence-corrected chi connectivity index (χ1v) is 6.34. The number of thiazole rings is 1. The molecular weight excluding hydrogens is 250 g/mol. The molecule has 0 aliphatic rings. The number of aromatic nitrogens is 3. The lowest BCUT2D eigenvalue weighted by molar-refractivity contribution is 0.0935. The van der Waals surface area contributed by atoms with Crippen molar-refractivity contribution in [1.29, 1.82) is 0 Å². The van der Waals surface area contributed by atoms with Crippen LogP contribution in [0.5, 0.6) is 0 Å². The van der Waals surface area contributed by atoms with Gasteiger partial charge in [0, 0.05) is 11.1 Å². The SMILES string of the molecule is Cc1cnc(C(C)NC(=O)c2n[nH]c(C)c2N)s1. The molecule has 6 nitrogen and oxygen atoms in total. The summed E-state index contributed by atoms with van der Waals surface area (Å²) in [6, 6.07) is -0.160. The predicted molar refractivity (Wildman–Crippen MR) is 70.5 cm³/mol. The van der Waals surface area contributed by atoms with E-state index >= 15 is 0 Å². The highest BCUT2D eigenvalue weighted by Crippen LogP contribution is 2.20. The lowest BCUT2D eigenvalue weighted by Crippen LogP contribution is -2.27. The molecule has 0 spiro atoms. The number of rotatable bonds is 3. The van der Waals surface area contributed by atoms with Gasteiger partial charge >= 0.3 is 0 Å². The zero-order chi connectivity index (χ0) is 13.3. The van der Waals surface area contributed by atoms with Crippen molar-refractivity contribution in [2.24, 2.45) is 0 Å². The van der Waals surface area contributed by atoms with Crippen molar-refractivity contribution in [2.45, 2.75) is 26.8 Å². The Morgan fingerprint density at radius 1 is 1.56 bits per heavy atom. The van der Waals surface area contributed by atoms with Crippen molar-refractivity contribution in [3.05, 3.63) is 27.5 Å². The molecule has 0 aromatic carbocycles.